The molecule has 0 unspecified atom stereocenters. The number of nitrogens with one attached hydrogen (secondary N) is 1. The molecule has 0 atom stereocenters. The first kappa shape index (κ1) is 16.2. The molecule has 0 aliphatic carbocycles. The Morgan fingerprint density at radius 1 is 1.25 bits per heavy atom. The molecule has 7 heteroatoms. The fraction of sp³-hybridized carbons (Fsp3) is 0.235. The first-order valence-electron chi connectivity index (χ1n) is 7.46. The second kappa shape index (κ2) is 7.27. The van der Waals surface area contributed by atoms with Gasteiger partial charge in [-0.3, -0.25) is 4.79 Å². The van der Waals surface area contributed by atoms with Gasteiger partial charge in [0.15, 0.2) is 0 Å². The Labute approximate surface area is 143 Å². The zero-order chi connectivity index (χ0) is 16.9. The Balaban J connectivity index is 1.59. The molecule has 1 N–H and O–H groups in total. The number of rotatable bonds is 6. The smallest absolute Gasteiger partial charge is 0.251 e. The lowest BCUT2D eigenvalue weighted by Gasteiger charge is -2.07. The van der Waals surface area contributed by atoms with Crippen LogP contribution in [0.25, 0.3) is 0 Å². The molecule has 2 aromatic heterocycles. The van der Waals surface area contributed by atoms with Gasteiger partial charge in [-0.2, -0.15) is 8.75 Å². The van der Waals surface area contributed by atoms with Crippen molar-refractivity contribution in [3.63, 3.8) is 0 Å². The number of carbonyl (C=O) groups is 1. The van der Waals surface area contributed by atoms with Crippen LogP contribution >= 0.6 is 11.7 Å². The zero-order valence-electron chi connectivity index (χ0n) is 13.4. The van der Waals surface area contributed by atoms with Gasteiger partial charge in [0.2, 0.25) is 0 Å². The second-order valence-corrected chi connectivity index (χ2v) is 5.84. The molecular formula is C17H17N3O3S. The van der Waals surface area contributed by atoms with E-state index in [0.29, 0.717) is 24.5 Å². The van der Waals surface area contributed by atoms with Gasteiger partial charge in [-0.05, 0) is 44.2 Å². The van der Waals surface area contributed by atoms with Crippen LogP contribution in [0.4, 0.5) is 0 Å². The van der Waals surface area contributed by atoms with E-state index in [1.165, 1.54) is 0 Å². The summed E-state index contributed by atoms with van der Waals surface area (Å²) in [5.74, 6) is 1.98. The van der Waals surface area contributed by atoms with Gasteiger partial charge in [0.1, 0.15) is 29.6 Å². The quantitative estimate of drug-likeness (QED) is 0.743. The summed E-state index contributed by atoms with van der Waals surface area (Å²) < 4.78 is 19.4. The van der Waals surface area contributed by atoms with E-state index in [9.17, 15) is 4.79 Å². The van der Waals surface area contributed by atoms with E-state index in [1.807, 2.05) is 32.0 Å². The molecule has 3 aromatic rings. The summed E-state index contributed by atoms with van der Waals surface area (Å²) in [5.41, 5.74) is 2.20. The van der Waals surface area contributed by atoms with Gasteiger partial charge in [-0.25, -0.2) is 0 Å². The lowest BCUT2D eigenvalue weighted by molar-refractivity contribution is 0.0947. The summed E-state index contributed by atoms with van der Waals surface area (Å²) in [5, 5.41) is 2.83. The van der Waals surface area contributed by atoms with Crippen molar-refractivity contribution in [3.8, 4) is 5.75 Å². The highest BCUT2D eigenvalue weighted by Gasteiger charge is 2.09. The Hall–Kier alpha value is -2.67. The number of hydrogen-bond donors (Lipinski definition) is 1. The largest absolute Gasteiger partial charge is 0.487 e. The van der Waals surface area contributed by atoms with Crippen molar-refractivity contribution >= 4 is 17.6 Å². The van der Waals surface area contributed by atoms with E-state index in [2.05, 4.69) is 14.1 Å². The standard InChI is InChI=1S/C17H17N3O3S/c1-11-6-7-15(23-11)9-18-17(21)13-4-3-5-14(8-13)22-10-16-12(2)19-24-20-16/h3-8H,9-10H2,1-2H3,(H,18,21). The molecule has 1 amide bonds. The Morgan fingerprint density at radius 2 is 2.12 bits per heavy atom. The molecule has 0 fully saturated rings. The zero-order valence-corrected chi connectivity index (χ0v) is 14.2. The molecule has 6 nitrogen and oxygen atoms in total. The summed E-state index contributed by atoms with van der Waals surface area (Å²) in [7, 11) is 0. The number of amides is 1. The van der Waals surface area contributed by atoms with Crippen molar-refractivity contribution in [2.75, 3.05) is 0 Å². The molecule has 0 aliphatic heterocycles. The maximum Gasteiger partial charge on any atom is 0.251 e. The monoisotopic (exact) mass is 343 g/mol. The first-order valence-corrected chi connectivity index (χ1v) is 8.19. The molecule has 0 spiro atoms. The van der Waals surface area contributed by atoms with Gasteiger partial charge < -0.3 is 14.5 Å². The second-order valence-electron chi connectivity index (χ2n) is 5.31. The number of furan rings is 1. The van der Waals surface area contributed by atoms with Crippen LogP contribution in [0.5, 0.6) is 5.75 Å². The van der Waals surface area contributed by atoms with Crippen LogP contribution in [0.15, 0.2) is 40.8 Å². The van der Waals surface area contributed by atoms with Gasteiger partial charge in [-0.15, -0.1) is 0 Å². The summed E-state index contributed by atoms with van der Waals surface area (Å²) in [6, 6.07) is 10.8. The van der Waals surface area contributed by atoms with Crippen molar-refractivity contribution in [2.45, 2.75) is 27.0 Å². The van der Waals surface area contributed by atoms with Gasteiger partial charge in [0.05, 0.1) is 24.0 Å². The Bertz CT molecular complexity index is 841. The maximum absolute atomic E-state index is 12.2. The van der Waals surface area contributed by atoms with E-state index < -0.39 is 0 Å². The molecule has 0 saturated carbocycles. The molecule has 0 radical (unpaired) electrons. The highest BCUT2D eigenvalue weighted by atomic mass is 32.1. The average molecular weight is 343 g/mol. The molecule has 1 aromatic carbocycles. The number of aryl methyl sites for hydroxylation is 2. The highest BCUT2D eigenvalue weighted by molar-refractivity contribution is 6.99. The topological polar surface area (TPSA) is 77.2 Å². The summed E-state index contributed by atoms with van der Waals surface area (Å²) in [4.78, 5) is 12.2. The number of benzene rings is 1. The minimum Gasteiger partial charge on any atom is -0.487 e. The SMILES string of the molecule is Cc1ccc(CNC(=O)c2cccc(OCc3nsnc3C)c2)o1. The van der Waals surface area contributed by atoms with Crippen LogP contribution in [-0.4, -0.2) is 14.7 Å². The van der Waals surface area contributed by atoms with Crippen molar-refractivity contribution in [1.82, 2.24) is 14.1 Å². The van der Waals surface area contributed by atoms with Crippen LogP contribution in [0.1, 0.15) is 33.3 Å². The average Bonchev–Trinajstić information content (AvgIpc) is 3.19. The molecule has 124 valence electrons. The van der Waals surface area contributed by atoms with E-state index in [-0.39, 0.29) is 5.91 Å². The molecule has 2 heterocycles. The predicted molar refractivity (Wildman–Crippen MR) is 90.0 cm³/mol. The van der Waals surface area contributed by atoms with Crippen LogP contribution in [0, 0.1) is 13.8 Å². The fourth-order valence-electron chi connectivity index (χ4n) is 2.11. The summed E-state index contributed by atoms with van der Waals surface area (Å²) in [6.07, 6.45) is 0. The number of nitrogens with zero attached hydrogens (tertiary/aromatic N) is 2. The molecule has 0 bridgehead atoms. The van der Waals surface area contributed by atoms with Crippen molar-refractivity contribution in [2.24, 2.45) is 0 Å². The lowest BCUT2D eigenvalue weighted by Crippen LogP contribution is -2.22. The van der Waals surface area contributed by atoms with Crippen LogP contribution in [-0.2, 0) is 13.2 Å². The third-order valence-corrected chi connectivity index (χ3v) is 4.09. The first-order chi connectivity index (χ1) is 11.6. The molecule has 0 aliphatic rings. The van der Waals surface area contributed by atoms with Crippen molar-refractivity contribution in [3.05, 3.63) is 64.9 Å². The Kier molecular flexibility index (Phi) is 4.90. The highest BCUT2D eigenvalue weighted by Crippen LogP contribution is 2.16. The number of carbonyl (C=O) groups excluding carboxylic acids is 1. The number of aromatic nitrogens is 2. The van der Waals surface area contributed by atoms with E-state index >= 15 is 0 Å². The minimum absolute atomic E-state index is 0.180. The maximum atomic E-state index is 12.2. The van der Waals surface area contributed by atoms with E-state index in [1.54, 1.807) is 18.2 Å². The molecule has 0 saturated heterocycles. The predicted octanol–water partition coefficient (Wildman–Crippen LogP) is 3.26. The van der Waals surface area contributed by atoms with Gasteiger partial charge in [0, 0.05) is 5.56 Å². The molecule has 3 rings (SSSR count). The van der Waals surface area contributed by atoms with Crippen LogP contribution in [0.3, 0.4) is 0 Å². The fourth-order valence-corrected chi connectivity index (χ4v) is 2.66. The van der Waals surface area contributed by atoms with E-state index in [4.69, 9.17) is 9.15 Å². The van der Waals surface area contributed by atoms with E-state index in [0.717, 1.165) is 34.6 Å². The van der Waals surface area contributed by atoms with Crippen molar-refractivity contribution in [1.29, 1.82) is 0 Å². The normalized spacial score (nSPS) is 10.6. The summed E-state index contributed by atoms with van der Waals surface area (Å²) in [6.45, 7) is 4.44. The molecule has 24 heavy (non-hydrogen) atoms. The lowest BCUT2D eigenvalue weighted by atomic mass is 10.2. The van der Waals surface area contributed by atoms with Crippen LogP contribution in [0.2, 0.25) is 0 Å². The summed E-state index contributed by atoms with van der Waals surface area (Å²) >= 11 is 1.16. The van der Waals surface area contributed by atoms with Crippen molar-refractivity contribution < 1.29 is 13.9 Å². The molecular weight excluding hydrogens is 326 g/mol. The third kappa shape index (κ3) is 3.99. The van der Waals surface area contributed by atoms with Gasteiger partial charge in [-0.1, -0.05) is 6.07 Å². The van der Waals surface area contributed by atoms with Crippen LogP contribution < -0.4 is 10.1 Å². The minimum atomic E-state index is -0.180. The number of hydrogen-bond acceptors (Lipinski definition) is 6. The Morgan fingerprint density at radius 3 is 2.83 bits per heavy atom. The third-order valence-electron chi connectivity index (χ3n) is 3.44. The number of ether oxygens (including phenoxy) is 1. The van der Waals surface area contributed by atoms with Gasteiger partial charge in [0.25, 0.3) is 5.91 Å². The van der Waals surface area contributed by atoms with Gasteiger partial charge >= 0.3 is 0 Å².